The van der Waals surface area contributed by atoms with Crippen molar-refractivity contribution in [2.75, 3.05) is 13.2 Å². The molecule has 5 heteroatoms. The summed E-state index contributed by atoms with van der Waals surface area (Å²) in [6, 6.07) is 9.71. The standard InChI is InChI=1S/C20H28N2O3/c23-16(14-6-2-1-3-7-14)8-12-21-19(24)22-17-15-9-13-25-18(15)20(17)10-4-5-11-20/h1-3,6-7,15-18,23H,4-5,8-13H2,(H2,21,22,24). The number of fused-ring (bicyclic) bond motifs is 2. The van der Waals surface area contributed by atoms with E-state index in [9.17, 15) is 9.90 Å². The number of carbonyl (C=O) groups is 1. The number of aliphatic hydroxyl groups is 1. The van der Waals surface area contributed by atoms with E-state index < -0.39 is 6.10 Å². The van der Waals surface area contributed by atoms with Crippen LogP contribution in [0.1, 0.15) is 50.2 Å². The van der Waals surface area contributed by atoms with Gasteiger partial charge >= 0.3 is 6.03 Å². The van der Waals surface area contributed by atoms with Crippen molar-refractivity contribution in [3.8, 4) is 0 Å². The Morgan fingerprint density at radius 3 is 2.80 bits per heavy atom. The monoisotopic (exact) mass is 344 g/mol. The van der Waals surface area contributed by atoms with Crippen molar-refractivity contribution in [3.05, 3.63) is 35.9 Å². The highest BCUT2D eigenvalue weighted by Crippen LogP contribution is 2.60. The smallest absolute Gasteiger partial charge is 0.315 e. The van der Waals surface area contributed by atoms with Crippen LogP contribution < -0.4 is 10.6 Å². The molecule has 5 nitrogen and oxygen atoms in total. The molecule has 2 aliphatic carbocycles. The lowest BCUT2D eigenvalue weighted by molar-refractivity contribution is -0.126. The van der Waals surface area contributed by atoms with E-state index in [-0.39, 0.29) is 17.5 Å². The first-order chi connectivity index (χ1) is 12.2. The van der Waals surface area contributed by atoms with Gasteiger partial charge < -0.3 is 20.5 Å². The molecule has 4 rings (SSSR count). The van der Waals surface area contributed by atoms with E-state index in [4.69, 9.17) is 4.74 Å². The average molecular weight is 344 g/mol. The summed E-state index contributed by atoms with van der Waals surface area (Å²) in [5.41, 5.74) is 1.07. The molecule has 4 atom stereocenters. The maximum absolute atomic E-state index is 12.3. The maximum Gasteiger partial charge on any atom is 0.315 e. The first-order valence-corrected chi connectivity index (χ1v) is 9.60. The molecule has 1 saturated heterocycles. The molecule has 3 fully saturated rings. The fourth-order valence-corrected chi connectivity index (χ4v) is 5.26. The molecule has 2 saturated carbocycles. The lowest BCUT2D eigenvalue weighted by Crippen LogP contribution is -2.69. The van der Waals surface area contributed by atoms with Crippen molar-refractivity contribution >= 4 is 6.03 Å². The lowest BCUT2D eigenvalue weighted by atomic mass is 9.54. The van der Waals surface area contributed by atoms with Crippen molar-refractivity contribution in [1.29, 1.82) is 0 Å². The molecule has 1 aliphatic heterocycles. The molecule has 136 valence electrons. The first kappa shape index (κ1) is 16.9. The van der Waals surface area contributed by atoms with Gasteiger partial charge in [0.25, 0.3) is 0 Å². The number of carbonyl (C=O) groups excluding carboxylic acids is 1. The second-order valence-electron chi connectivity index (χ2n) is 7.78. The molecule has 25 heavy (non-hydrogen) atoms. The van der Waals surface area contributed by atoms with Gasteiger partial charge in [-0.05, 0) is 31.2 Å². The molecule has 0 radical (unpaired) electrons. The Bertz CT molecular complexity index is 600. The van der Waals surface area contributed by atoms with Crippen LogP contribution >= 0.6 is 0 Å². The van der Waals surface area contributed by atoms with Gasteiger partial charge in [-0.25, -0.2) is 4.79 Å². The lowest BCUT2D eigenvalue weighted by Gasteiger charge is -2.56. The van der Waals surface area contributed by atoms with Crippen LogP contribution in [0.25, 0.3) is 0 Å². The second-order valence-corrected chi connectivity index (χ2v) is 7.78. The first-order valence-electron chi connectivity index (χ1n) is 9.60. The molecule has 1 aromatic carbocycles. The van der Waals surface area contributed by atoms with Gasteiger partial charge in [0.2, 0.25) is 0 Å². The van der Waals surface area contributed by atoms with Gasteiger partial charge in [-0.2, -0.15) is 0 Å². The number of urea groups is 1. The molecule has 4 unspecified atom stereocenters. The fraction of sp³-hybridized carbons (Fsp3) is 0.650. The minimum absolute atomic E-state index is 0.109. The summed E-state index contributed by atoms with van der Waals surface area (Å²) < 4.78 is 5.96. The van der Waals surface area contributed by atoms with E-state index in [0.717, 1.165) is 18.6 Å². The second kappa shape index (κ2) is 6.96. The minimum Gasteiger partial charge on any atom is -0.388 e. The van der Waals surface area contributed by atoms with E-state index in [1.165, 1.54) is 25.7 Å². The van der Waals surface area contributed by atoms with Gasteiger partial charge in [-0.1, -0.05) is 43.2 Å². The van der Waals surface area contributed by atoms with E-state index in [2.05, 4.69) is 10.6 Å². The summed E-state index contributed by atoms with van der Waals surface area (Å²) in [5, 5.41) is 16.3. The summed E-state index contributed by atoms with van der Waals surface area (Å²) in [5.74, 6) is 0.485. The van der Waals surface area contributed by atoms with Crippen molar-refractivity contribution in [1.82, 2.24) is 10.6 Å². The third-order valence-corrected chi connectivity index (χ3v) is 6.46. The van der Waals surface area contributed by atoms with Crippen LogP contribution in [0, 0.1) is 11.3 Å². The Labute approximate surface area is 149 Å². The minimum atomic E-state index is -0.543. The normalized spacial score (nSPS) is 30.5. The fourth-order valence-electron chi connectivity index (χ4n) is 5.26. The quantitative estimate of drug-likeness (QED) is 0.769. The Morgan fingerprint density at radius 2 is 2.04 bits per heavy atom. The number of benzene rings is 1. The van der Waals surface area contributed by atoms with Gasteiger partial charge in [0.05, 0.1) is 12.2 Å². The van der Waals surface area contributed by atoms with E-state index in [0.29, 0.717) is 25.0 Å². The van der Waals surface area contributed by atoms with Gasteiger partial charge in [-0.3, -0.25) is 0 Å². The number of nitrogens with one attached hydrogen (secondary N) is 2. The molecule has 3 aliphatic rings. The van der Waals surface area contributed by atoms with E-state index >= 15 is 0 Å². The van der Waals surface area contributed by atoms with Crippen LogP contribution in [0.5, 0.6) is 0 Å². The molecule has 2 amide bonds. The third kappa shape index (κ3) is 3.04. The number of hydrogen-bond acceptors (Lipinski definition) is 3. The van der Waals surface area contributed by atoms with Gasteiger partial charge in [0, 0.05) is 30.5 Å². The van der Waals surface area contributed by atoms with Crippen LogP contribution in [0.4, 0.5) is 4.79 Å². The summed E-state index contributed by atoms with van der Waals surface area (Å²) in [6.45, 7) is 1.30. The van der Waals surface area contributed by atoms with Gasteiger partial charge in [0.1, 0.15) is 0 Å². The number of rotatable bonds is 5. The number of hydrogen-bond donors (Lipinski definition) is 3. The van der Waals surface area contributed by atoms with Gasteiger partial charge in [0.15, 0.2) is 0 Å². The van der Waals surface area contributed by atoms with Crippen LogP contribution in [0.3, 0.4) is 0 Å². The highest BCUT2D eigenvalue weighted by atomic mass is 16.5. The molecular weight excluding hydrogens is 316 g/mol. The topological polar surface area (TPSA) is 70.6 Å². The molecule has 1 aromatic rings. The zero-order valence-corrected chi connectivity index (χ0v) is 14.6. The Kier molecular flexibility index (Phi) is 4.69. The van der Waals surface area contributed by atoms with Crippen molar-refractivity contribution in [2.45, 2.75) is 56.8 Å². The Balaban J connectivity index is 1.26. The third-order valence-electron chi connectivity index (χ3n) is 6.46. The Hall–Kier alpha value is -1.59. The van der Waals surface area contributed by atoms with Crippen LogP contribution in [-0.2, 0) is 4.74 Å². The number of aliphatic hydroxyl groups excluding tert-OH is 1. The molecule has 1 heterocycles. The molecular formula is C20H28N2O3. The molecule has 0 aromatic heterocycles. The van der Waals surface area contributed by atoms with E-state index in [1.807, 2.05) is 30.3 Å². The molecule has 0 bridgehead atoms. The highest BCUT2D eigenvalue weighted by molar-refractivity contribution is 5.74. The van der Waals surface area contributed by atoms with Crippen molar-refractivity contribution in [3.63, 3.8) is 0 Å². The van der Waals surface area contributed by atoms with Gasteiger partial charge in [-0.15, -0.1) is 0 Å². The van der Waals surface area contributed by atoms with Crippen LogP contribution in [0.15, 0.2) is 30.3 Å². The summed E-state index contributed by atoms with van der Waals surface area (Å²) in [6.07, 6.45) is 6.23. The predicted molar refractivity (Wildman–Crippen MR) is 95.1 cm³/mol. The highest BCUT2D eigenvalue weighted by Gasteiger charge is 2.65. The molecule has 1 spiro atoms. The number of ether oxygens (including phenoxy) is 1. The van der Waals surface area contributed by atoms with Crippen molar-refractivity contribution in [2.24, 2.45) is 11.3 Å². The average Bonchev–Trinajstić information content (AvgIpc) is 3.29. The molecule has 3 N–H and O–H groups in total. The predicted octanol–water partition coefficient (Wildman–Crippen LogP) is 2.76. The SMILES string of the molecule is O=C(NCCC(O)c1ccccc1)NC1C2CCOC2C12CCCC2. The Morgan fingerprint density at radius 1 is 1.28 bits per heavy atom. The summed E-state index contributed by atoms with van der Waals surface area (Å²) in [7, 11) is 0. The zero-order chi connectivity index (χ0) is 17.3. The van der Waals surface area contributed by atoms with E-state index in [1.54, 1.807) is 0 Å². The zero-order valence-electron chi connectivity index (χ0n) is 14.6. The van der Waals surface area contributed by atoms with Crippen LogP contribution in [-0.4, -0.2) is 36.4 Å². The van der Waals surface area contributed by atoms with Crippen molar-refractivity contribution < 1.29 is 14.6 Å². The largest absolute Gasteiger partial charge is 0.388 e. The summed E-state index contributed by atoms with van der Waals surface area (Å²) in [4.78, 5) is 12.3. The van der Waals surface area contributed by atoms with Crippen LogP contribution in [0.2, 0.25) is 0 Å². The maximum atomic E-state index is 12.3. The number of amides is 2. The summed E-state index contributed by atoms with van der Waals surface area (Å²) >= 11 is 0.